The highest BCUT2D eigenvalue weighted by molar-refractivity contribution is 6.30. The van der Waals surface area contributed by atoms with Crippen LogP contribution in [0.2, 0.25) is 5.02 Å². The second kappa shape index (κ2) is 6.83. The van der Waals surface area contributed by atoms with Gasteiger partial charge in [0.15, 0.2) is 0 Å². The van der Waals surface area contributed by atoms with Crippen LogP contribution in [0.25, 0.3) is 0 Å². The van der Waals surface area contributed by atoms with Crippen molar-refractivity contribution in [2.45, 2.75) is 6.18 Å². The lowest BCUT2D eigenvalue weighted by Crippen LogP contribution is -2.38. The van der Waals surface area contributed by atoms with Crippen LogP contribution < -0.4 is 4.90 Å². The second-order valence-electron chi connectivity index (χ2n) is 4.69. The van der Waals surface area contributed by atoms with Gasteiger partial charge in [-0.2, -0.15) is 13.2 Å². The van der Waals surface area contributed by atoms with Gasteiger partial charge in [0, 0.05) is 24.0 Å². The van der Waals surface area contributed by atoms with E-state index in [0.717, 1.165) is 12.6 Å². The van der Waals surface area contributed by atoms with Crippen molar-refractivity contribution in [2.75, 3.05) is 11.9 Å². The molecule has 2 aromatic carbocycles. The third-order valence-corrected chi connectivity index (χ3v) is 3.27. The van der Waals surface area contributed by atoms with Gasteiger partial charge in [0.05, 0.1) is 5.69 Å². The largest absolute Gasteiger partial charge is 0.471 e. The number of hydrogen-bond acceptors (Lipinski definition) is 2. The smallest absolute Gasteiger partial charge is 0.308 e. The van der Waals surface area contributed by atoms with E-state index < -0.39 is 12.1 Å². The van der Waals surface area contributed by atoms with Crippen LogP contribution in [-0.4, -0.2) is 25.3 Å². The lowest BCUT2D eigenvalue weighted by molar-refractivity contribution is -0.170. The number of carbonyl (C=O) groups is 1. The van der Waals surface area contributed by atoms with E-state index >= 15 is 0 Å². The summed E-state index contributed by atoms with van der Waals surface area (Å²) in [5.74, 6) is -1.92. The van der Waals surface area contributed by atoms with E-state index in [1.54, 1.807) is 30.5 Å². The molecule has 2 aromatic rings. The summed E-state index contributed by atoms with van der Waals surface area (Å²) in [7, 11) is 1.07. The number of halogens is 4. The molecule has 0 N–H and O–H groups in total. The first-order valence-electron chi connectivity index (χ1n) is 6.52. The lowest BCUT2D eigenvalue weighted by atomic mass is 10.2. The fourth-order valence-electron chi connectivity index (χ4n) is 1.77. The zero-order valence-corrected chi connectivity index (χ0v) is 12.8. The highest BCUT2D eigenvalue weighted by Crippen LogP contribution is 2.24. The van der Waals surface area contributed by atoms with Gasteiger partial charge in [0.1, 0.15) is 0 Å². The van der Waals surface area contributed by atoms with Crippen molar-refractivity contribution >= 4 is 35.1 Å². The Kier molecular flexibility index (Phi) is 5.05. The number of alkyl halides is 3. The Morgan fingerprint density at radius 3 is 2.17 bits per heavy atom. The van der Waals surface area contributed by atoms with Gasteiger partial charge < -0.3 is 4.90 Å². The van der Waals surface area contributed by atoms with Crippen molar-refractivity contribution in [1.29, 1.82) is 0 Å². The highest BCUT2D eigenvalue weighted by Gasteiger charge is 2.41. The summed E-state index contributed by atoms with van der Waals surface area (Å²) in [6.45, 7) is 0. The fourth-order valence-corrected chi connectivity index (χ4v) is 1.89. The normalized spacial score (nSPS) is 11.7. The molecule has 0 saturated heterocycles. The highest BCUT2D eigenvalue weighted by atomic mass is 35.5. The van der Waals surface area contributed by atoms with Crippen molar-refractivity contribution in [2.24, 2.45) is 4.99 Å². The molecule has 0 unspecified atom stereocenters. The molecule has 0 fully saturated rings. The van der Waals surface area contributed by atoms with Crippen LogP contribution in [0, 0.1) is 0 Å². The Morgan fingerprint density at radius 2 is 1.65 bits per heavy atom. The van der Waals surface area contributed by atoms with E-state index in [-0.39, 0.29) is 5.69 Å². The fraction of sp³-hybridized carbons (Fsp3) is 0.125. The molecule has 3 nitrogen and oxygen atoms in total. The van der Waals surface area contributed by atoms with Crippen LogP contribution in [0.3, 0.4) is 0 Å². The van der Waals surface area contributed by atoms with Gasteiger partial charge >= 0.3 is 12.1 Å². The number of benzene rings is 2. The number of carbonyl (C=O) groups excluding carboxylic acids is 1. The molecule has 0 heterocycles. The molecule has 0 aliphatic rings. The average Bonchev–Trinajstić information content (AvgIpc) is 2.52. The summed E-state index contributed by atoms with van der Waals surface area (Å²) in [5.41, 5.74) is 1.53. The van der Waals surface area contributed by atoms with Crippen LogP contribution in [0.5, 0.6) is 0 Å². The van der Waals surface area contributed by atoms with Crippen LogP contribution >= 0.6 is 11.6 Å². The van der Waals surface area contributed by atoms with Gasteiger partial charge in [-0.25, -0.2) is 0 Å². The molecule has 0 aliphatic heterocycles. The number of rotatable bonds is 3. The minimum absolute atomic E-state index is 0.137. The standard InChI is InChI=1S/C16H12ClF3N2O/c1-22(15(23)16(18,19)20)14-8-6-13(7-9-14)21-10-11-2-4-12(17)5-3-11/h2-10H,1H3/b21-10+. The molecule has 0 aliphatic carbocycles. The molecule has 7 heteroatoms. The molecule has 1 amide bonds. The second-order valence-corrected chi connectivity index (χ2v) is 5.12. The summed E-state index contributed by atoms with van der Waals surface area (Å²) in [4.78, 5) is 15.9. The number of hydrogen-bond donors (Lipinski definition) is 0. The number of nitrogens with zero attached hydrogens (tertiary/aromatic N) is 2. The first kappa shape index (κ1) is 17.0. The minimum atomic E-state index is -4.90. The predicted molar refractivity (Wildman–Crippen MR) is 84.6 cm³/mol. The maximum atomic E-state index is 12.4. The Hall–Kier alpha value is -2.34. The topological polar surface area (TPSA) is 32.7 Å². The third kappa shape index (κ3) is 4.56. The Morgan fingerprint density at radius 1 is 1.09 bits per heavy atom. The Balaban J connectivity index is 2.10. The monoisotopic (exact) mass is 340 g/mol. The summed E-state index contributed by atoms with van der Waals surface area (Å²) in [6, 6.07) is 12.9. The number of amides is 1. The first-order valence-corrected chi connectivity index (χ1v) is 6.90. The molecule has 0 saturated carbocycles. The maximum absolute atomic E-state index is 12.4. The molecule has 0 radical (unpaired) electrons. The molecule has 0 aromatic heterocycles. The SMILES string of the molecule is CN(C(=O)C(F)(F)F)c1ccc(/N=C/c2ccc(Cl)cc2)cc1. The van der Waals surface area contributed by atoms with E-state index in [4.69, 9.17) is 11.6 Å². The molecule has 23 heavy (non-hydrogen) atoms. The zero-order valence-electron chi connectivity index (χ0n) is 12.0. The van der Waals surface area contributed by atoms with Crippen molar-refractivity contribution in [3.05, 3.63) is 59.1 Å². The van der Waals surface area contributed by atoms with Gasteiger partial charge in [0.25, 0.3) is 0 Å². The third-order valence-electron chi connectivity index (χ3n) is 3.02. The van der Waals surface area contributed by atoms with Crippen molar-refractivity contribution in [3.8, 4) is 0 Å². The summed E-state index contributed by atoms with van der Waals surface area (Å²) < 4.78 is 37.1. The lowest BCUT2D eigenvalue weighted by Gasteiger charge is -2.18. The van der Waals surface area contributed by atoms with Gasteiger partial charge in [-0.1, -0.05) is 23.7 Å². The van der Waals surface area contributed by atoms with Crippen LogP contribution in [0.1, 0.15) is 5.56 Å². The first-order chi connectivity index (χ1) is 10.8. The number of aliphatic imine (C=N–C) groups is 1. The summed E-state index contributed by atoms with van der Waals surface area (Å²) >= 11 is 5.78. The molecule has 2 rings (SSSR count). The minimum Gasteiger partial charge on any atom is -0.308 e. The van der Waals surface area contributed by atoms with E-state index in [0.29, 0.717) is 15.6 Å². The van der Waals surface area contributed by atoms with Crippen molar-refractivity contribution < 1.29 is 18.0 Å². The number of anilines is 1. The predicted octanol–water partition coefficient (Wildman–Crippen LogP) is 4.62. The van der Waals surface area contributed by atoms with Gasteiger partial charge in [-0.15, -0.1) is 0 Å². The molecule has 120 valence electrons. The van der Waals surface area contributed by atoms with Crippen LogP contribution in [0.15, 0.2) is 53.5 Å². The van der Waals surface area contributed by atoms with Gasteiger partial charge in [-0.3, -0.25) is 9.79 Å². The molecule has 0 atom stereocenters. The van der Waals surface area contributed by atoms with Crippen LogP contribution in [-0.2, 0) is 4.79 Å². The molecular formula is C16H12ClF3N2O. The van der Waals surface area contributed by atoms with Gasteiger partial charge in [0.2, 0.25) is 0 Å². The maximum Gasteiger partial charge on any atom is 0.471 e. The summed E-state index contributed by atoms with van der Waals surface area (Å²) in [5, 5.41) is 0.615. The molecule has 0 spiro atoms. The average molecular weight is 341 g/mol. The zero-order chi connectivity index (χ0) is 17.0. The van der Waals surface area contributed by atoms with E-state index in [1.165, 1.54) is 24.3 Å². The Labute approximate surface area is 136 Å². The van der Waals surface area contributed by atoms with Crippen LogP contribution in [0.4, 0.5) is 24.5 Å². The van der Waals surface area contributed by atoms with E-state index in [2.05, 4.69) is 4.99 Å². The van der Waals surface area contributed by atoms with E-state index in [9.17, 15) is 18.0 Å². The Bertz CT molecular complexity index is 710. The molecule has 0 bridgehead atoms. The summed E-state index contributed by atoms with van der Waals surface area (Å²) in [6.07, 6.45) is -3.30. The quantitative estimate of drug-likeness (QED) is 0.751. The van der Waals surface area contributed by atoms with Crippen molar-refractivity contribution in [1.82, 2.24) is 0 Å². The molecular weight excluding hydrogens is 329 g/mol. The van der Waals surface area contributed by atoms with Gasteiger partial charge in [-0.05, 0) is 42.0 Å². The van der Waals surface area contributed by atoms with E-state index in [1.807, 2.05) is 0 Å². The van der Waals surface area contributed by atoms with Crippen molar-refractivity contribution in [3.63, 3.8) is 0 Å².